The van der Waals surface area contributed by atoms with E-state index >= 15 is 0 Å². The number of nitro groups is 1. The number of furan rings is 1. The third-order valence-corrected chi connectivity index (χ3v) is 4.64. The second-order valence-corrected chi connectivity index (χ2v) is 6.57. The van der Waals surface area contributed by atoms with Crippen molar-refractivity contribution < 1.29 is 28.5 Å². The van der Waals surface area contributed by atoms with Crippen LogP contribution in [0.4, 0.5) is 10.5 Å². The van der Waals surface area contributed by atoms with Crippen molar-refractivity contribution in [1.82, 2.24) is 4.90 Å². The number of nitrogens with zero attached hydrogens (tertiary/aromatic N) is 2. The molecule has 28 heavy (non-hydrogen) atoms. The second kappa shape index (κ2) is 8.09. The van der Waals surface area contributed by atoms with Gasteiger partial charge in [0.25, 0.3) is 16.8 Å². The van der Waals surface area contributed by atoms with E-state index in [1.54, 1.807) is 31.2 Å². The molecule has 2 heterocycles. The summed E-state index contributed by atoms with van der Waals surface area (Å²) in [5.41, 5.74) is 0.589. The van der Waals surface area contributed by atoms with Gasteiger partial charge in [-0.05, 0) is 43.0 Å². The summed E-state index contributed by atoms with van der Waals surface area (Å²) in [5, 5.41) is 10.1. The van der Waals surface area contributed by atoms with Crippen molar-refractivity contribution >= 4 is 40.6 Å². The van der Waals surface area contributed by atoms with Gasteiger partial charge in [-0.1, -0.05) is 0 Å². The minimum absolute atomic E-state index is 0.0363. The van der Waals surface area contributed by atoms with E-state index < -0.39 is 28.6 Å². The molecule has 0 N–H and O–H groups in total. The number of non-ortho nitro benzene ring substituents is 1. The molecule has 2 amide bonds. The Morgan fingerprint density at radius 3 is 2.61 bits per heavy atom. The predicted molar refractivity (Wildman–Crippen MR) is 100 cm³/mol. The highest BCUT2D eigenvalue weighted by Gasteiger charge is 2.36. The largest absolute Gasteiger partial charge is 0.465 e. The number of ether oxygens (including phenoxy) is 1. The van der Waals surface area contributed by atoms with Gasteiger partial charge in [-0.2, -0.15) is 0 Å². The standard InChI is InChI=1S/C18H14N2O7S/c1-2-26-16(21)10-19-17(22)15(28-18(19)23)9-13-7-8-14(27-13)11-3-5-12(6-4-11)20(24)25/h3-9H,2,10H2,1H3/b15-9+. The van der Waals surface area contributed by atoms with Gasteiger partial charge in [-0.15, -0.1) is 0 Å². The van der Waals surface area contributed by atoms with Crippen LogP contribution >= 0.6 is 11.8 Å². The first-order valence-electron chi connectivity index (χ1n) is 8.14. The molecule has 1 saturated heterocycles. The average molecular weight is 402 g/mol. The Morgan fingerprint density at radius 1 is 1.25 bits per heavy atom. The maximum atomic E-state index is 12.3. The van der Waals surface area contributed by atoms with E-state index in [2.05, 4.69) is 0 Å². The van der Waals surface area contributed by atoms with E-state index in [-0.39, 0.29) is 17.2 Å². The van der Waals surface area contributed by atoms with Crippen LogP contribution in [-0.2, 0) is 14.3 Å². The highest BCUT2D eigenvalue weighted by molar-refractivity contribution is 8.18. The summed E-state index contributed by atoms with van der Waals surface area (Å²) in [5.74, 6) is -0.484. The number of carbonyl (C=O) groups excluding carboxylic acids is 3. The number of thioether (sulfide) groups is 1. The van der Waals surface area contributed by atoms with E-state index in [0.717, 1.165) is 4.90 Å². The van der Waals surface area contributed by atoms with Crippen molar-refractivity contribution in [3.8, 4) is 11.3 Å². The van der Waals surface area contributed by atoms with Crippen molar-refractivity contribution in [2.75, 3.05) is 13.2 Å². The highest BCUT2D eigenvalue weighted by Crippen LogP contribution is 2.33. The Balaban J connectivity index is 1.76. The first-order valence-corrected chi connectivity index (χ1v) is 8.96. The van der Waals surface area contributed by atoms with Gasteiger partial charge in [0.15, 0.2) is 0 Å². The number of esters is 1. The number of rotatable bonds is 6. The van der Waals surface area contributed by atoms with Crippen LogP contribution in [0.15, 0.2) is 45.7 Å². The zero-order valence-corrected chi connectivity index (χ0v) is 15.4. The highest BCUT2D eigenvalue weighted by atomic mass is 32.2. The molecular formula is C18H14N2O7S. The van der Waals surface area contributed by atoms with E-state index in [1.807, 2.05) is 0 Å². The monoisotopic (exact) mass is 402 g/mol. The smallest absolute Gasteiger partial charge is 0.326 e. The van der Waals surface area contributed by atoms with E-state index in [4.69, 9.17) is 9.15 Å². The van der Waals surface area contributed by atoms with Gasteiger partial charge >= 0.3 is 5.97 Å². The summed E-state index contributed by atoms with van der Waals surface area (Å²) in [6, 6.07) is 9.07. The van der Waals surface area contributed by atoms with Crippen LogP contribution < -0.4 is 0 Å². The Kier molecular flexibility index (Phi) is 5.59. The summed E-state index contributed by atoms with van der Waals surface area (Å²) < 4.78 is 10.4. The lowest BCUT2D eigenvalue weighted by molar-refractivity contribution is -0.384. The molecule has 0 bridgehead atoms. The molecule has 0 aliphatic carbocycles. The molecule has 3 rings (SSSR count). The lowest BCUT2D eigenvalue weighted by Crippen LogP contribution is -2.34. The maximum Gasteiger partial charge on any atom is 0.326 e. The number of nitro benzene ring substituents is 1. The second-order valence-electron chi connectivity index (χ2n) is 5.58. The van der Waals surface area contributed by atoms with E-state index in [9.17, 15) is 24.5 Å². The Morgan fingerprint density at radius 2 is 1.96 bits per heavy atom. The van der Waals surface area contributed by atoms with Gasteiger partial charge in [-0.25, -0.2) is 0 Å². The van der Waals surface area contributed by atoms with Gasteiger partial charge in [0, 0.05) is 23.8 Å². The molecule has 1 aliphatic heterocycles. The minimum atomic E-state index is -0.662. The number of carbonyl (C=O) groups is 3. The van der Waals surface area contributed by atoms with Crippen LogP contribution in [0.3, 0.4) is 0 Å². The van der Waals surface area contributed by atoms with Crippen LogP contribution in [-0.4, -0.2) is 40.1 Å². The minimum Gasteiger partial charge on any atom is -0.465 e. The van der Waals surface area contributed by atoms with E-state index in [1.165, 1.54) is 18.2 Å². The number of benzene rings is 1. The fourth-order valence-electron chi connectivity index (χ4n) is 2.43. The van der Waals surface area contributed by atoms with Crippen LogP contribution in [0.5, 0.6) is 0 Å². The summed E-state index contributed by atoms with van der Waals surface area (Å²) in [4.78, 5) is 47.0. The Labute approximate surface area is 163 Å². The molecule has 2 aromatic rings. The van der Waals surface area contributed by atoms with E-state index in [0.29, 0.717) is 28.8 Å². The molecule has 0 saturated carbocycles. The normalized spacial score (nSPS) is 15.3. The Hall–Kier alpha value is -3.40. The van der Waals surface area contributed by atoms with Crippen molar-refractivity contribution in [3.05, 3.63) is 57.2 Å². The zero-order valence-electron chi connectivity index (χ0n) is 14.6. The molecule has 1 aromatic carbocycles. The molecule has 0 spiro atoms. The fourth-order valence-corrected chi connectivity index (χ4v) is 3.25. The predicted octanol–water partition coefficient (Wildman–Crippen LogP) is 3.45. The molecule has 10 heteroatoms. The SMILES string of the molecule is CCOC(=O)CN1C(=O)S/C(=C/c2ccc(-c3ccc([N+](=O)[O-])cc3)o2)C1=O. The average Bonchev–Trinajstić information content (AvgIpc) is 3.23. The van der Waals surface area contributed by atoms with Gasteiger partial charge in [0.1, 0.15) is 18.1 Å². The zero-order chi connectivity index (χ0) is 20.3. The van der Waals surface area contributed by atoms with Crippen LogP contribution in [0.2, 0.25) is 0 Å². The van der Waals surface area contributed by atoms with Crippen LogP contribution in [0.1, 0.15) is 12.7 Å². The van der Waals surface area contributed by atoms with Gasteiger partial charge in [-0.3, -0.25) is 29.4 Å². The Bertz CT molecular complexity index is 978. The van der Waals surface area contributed by atoms with Crippen molar-refractivity contribution in [2.24, 2.45) is 0 Å². The maximum absolute atomic E-state index is 12.3. The fraction of sp³-hybridized carbons (Fsp3) is 0.167. The third-order valence-electron chi connectivity index (χ3n) is 3.73. The quantitative estimate of drug-likeness (QED) is 0.312. The molecule has 1 fully saturated rings. The summed E-state index contributed by atoms with van der Waals surface area (Å²) in [7, 11) is 0. The first kappa shape index (κ1) is 19.4. The van der Waals surface area contributed by atoms with Crippen molar-refractivity contribution in [1.29, 1.82) is 0 Å². The number of hydrogen-bond acceptors (Lipinski definition) is 8. The molecular weight excluding hydrogens is 388 g/mol. The third kappa shape index (κ3) is 4.12. The van der Waals surface area contributed by atoms with Crippen LogP contribution in [0, 0.1) is 10.1 Å². The molecule has 0 unspecified atom stereocenters. The summed E-state index contributed by atoms with van der Waals surface area (Å²) in [6.07, 6.45) is 1.41. The molecule has 144 valence electrons. The summed E-state index contributed by atoms with van der Waals surface area (Å²) in [6.45, 7) is 1.34. The topological polar surface area (TPSA) is 120 Å². The van der Waals surface area contributed by atoms with Crippen LogP contribution in [0.25, 0.3) is 17.4 Å². The van der Waals surface area contributed by atoms with Gasteiger partial charge in [0.05, 0.1) is 16.4 Å². The number of amides is 2. The molecule has 9 nitrogen and oxygen atoms in total. The lowest BCUT2D eigenvalue weighted by Gasteiger charge is -2.10. The molecule has 1 aliphatic rings. The summed E-state index contributed by atoms with van der Waals surface area (Å²) >= 11 is 0.703. The van der Waals surface area contributed by atoms with Crippen molar-refractivity contribution in [2.45, 2.75) is 6.92 Å². The molecule has 0 atom stereocenters. The number of imide groups is 1. The lowest BCUT2D eigenvalue weighted by atomic mass is 10.1. The van der Waals surface area contributed by atoms with Gasteiger partial charge in [0.2, 0.25) is 0 Å². The van der Waals surface area contributed by atoms with Gasteiger partial charge < -0.3 is 9.15 Å². The number of hydrogen-bond donors (Lipinski definition) is 0. The van der Waals surface area contributed by atoms with Crippen molar-refractivity contribution in [3.63, 3.8) is 0 Å². The molecule has 1 aromatic heterocycles. The first-order chi connectivity index (χ1) is 13.4. The molecule has 0 radical (unpaired) electrons.